The van der Waals surface area contributed by atoms with Crippen LogP contribution in [-0.4, -0.2) is 7.11 Å². The second-order valence-corrected chi connectivity index (χ2v) is 5.40. The molecule has 1 aromatic heterocycles. The van der Waals surface area contributed by atoms with Gasteiger partial charge in [-0.2, -0.15) is 0 Å². The van der Waals surface area contributed by atoms with Crippen LogP contribution in [0.25, 0.3) is 11.0 Å². The third-order valence-corrected chi connectivity index (χ3v) is 3.56. The van der Waals surface area contributed by atoms with Crippen LogP contribution in [0.15, 0.2) is 62.2 Å². The lowest BCUT2D eigenvalue weighted by molar-refractivity contribution is 0.415. The van der Waals surface area contributed by atoms with Crippen LogP contribution in [0.2, 0.25) is 0 Å². The van der Waals surface area contributed by atoms with Crippen molar-refractivity contribution in [1.29, 1.82) is 0 Å². The molecule has 0 fully saturated rings. The van der Waals surface area contributed by atoms with Crippen molar-refractivity contribution < 1.29 is 9.15 Å². The summed E-state index contributed by atoms with van der Waals surface area (Å²) >= 11 is 3.40. The smallest absolute Gasteiger partial charge is 0.360 e. The lowest BCUT2D eigenvalue weighted by atomic mass is 10.2. The minimum absolute atomic E-state index is 0.394. The summed E-state index contributed by atoms with van der Waals surface area (Å²) in [5, 5.41) is 3.91. The van der Waals surface area contributed by atoms with Gasteiger partial charge in [-0.15, -0.1) is 0 Å². The van der Waals surface area contributed by atoms with E-state index >= 15 is 0 Å². The standard InChI is InChI=1S/C16H12BrNO3/c1-20-13-5-3-12(4-6-13)18-14-9-10-8-11(17)2-7-15(10)21-16(14)19/h2-9,18H,1H3. The molecule has 0 bridgehead atoms. The zero-order chi connectivity index (χ0) is 14.8. The van der Waals surface area contributed by atoms with Crippen LogP contribution < -0.4 is 15.7 Å². The Bertz CT molecular complexity index is 840. The summed E-state index contributed by atoms with van der Waals surface area (Å²) in [4.78, 5) is 12.0. The van der Waals surface area contributed by atoms with Crippen molar-refractivity contribution in [3.05, 3.63) is 63.4 Å². The number of halogens is 1. The Labute approximate surface area is 129 Å². The Kier molecular flexibility index (Phi) is 3.66. The van der Waals surface area contributed by atoms with E-state index in [1.807, 2.05) is 36.4 Å². The topological polar surface area (TPSA) is 51.5 Å². The van der Waals surface area contributed by atoms with E-state index in [1.54, 1.807) is 19.2 Å². The van der Waals surface area contributed by atoms with E-state index in [1.165, 1.54) is 0 Å². The van der Waals surface area contributed by atoms with Gasteiger partial charge in [-0.1, -0.05) is 15.9 Å². The van der Waals surface area contributed by atoms with Crippen molar-refractivity contribution in [1.82, 2.24) is 0 Å². The molecule has 5 heteroatoms. The third-order valence-electron chi connectivity index (χ3n) is 3.06. The maximum absolute atomic E-state index is 12.0. The highest BCUT2D eigenvalue weighted by Crippen LogP contribution is 2.23. The SMILES string of the molecule is COc1ccc(Nc2cc3cc(Br)ccc3oc2=O)cc1. The molecule has 0 atom stereocenters. The number of benzene rings is 2. The molecule has 0 aliphatic rings. The zero-order valence-electron chi connectivity index (χ0n) is 11.2. The largest absolute Gasteiger partial charge is 0.497 e. The van der Waals surface area contributed by atoms with Gasteiger partial charge in [0.2, 0.25) is 0 Å². The summed E-state index contributed by atoms with van der Waals surface area (Å²) in [6.45, 7) is 0. The second kappa shape index (κ2) is 5.61. The van der Waals surface area contributed by atoms with Gasteiger partial charge in [0, 0.05) is 15.5 Å². The molecule has 1 heterocycles. The number of nitrogens with one attached hydrogen (secondary N) is 1. The van der Waals surface area contributed by atoms with Gasteiger partial charge >= 0.3 is 5.63 Å². The van der Waals surface area contributed by atoms with Gasteiger partial charge in [0.25, 0.3) is 0 Å². The predicted molar refractivity (Wildman–Crippen MR) is 86.5 cm³/mol. The molecule has 4 nitrogen and oxygen atoms in total. The maximum Gasteiger partial charge on any atom is 0.360 e. The summed E-state index contributed by atoms with van der Waals surface area (Å²) in [5.74, 6) is 0.759. The van der Waals surface area contributed by atoms with Crippen molar-refractivity contribution in [2.45, 2.75) is 0 Å². The molecular formula is C16H12BrNO3. The van der Waals surface area contributed by atoms with Crippen molar-refractivity contribution in [3.63, 3.8) is 0 Å². The summed E-state index contributed by atoms with van der Waals surface area (Å²) in [5.41, 5.74) is 1.34. The van der Waals surface area contributed by atoms with Crippen molar-refractivity contribution in [2.24, 2.45) is 0 Å². The molecule has 21 heavy (non-hydrogen) atoms. The van der Waals surface area contributed by atoms with Crippen molar-refractivity contribution >= 4 is 38.3 Å². The molecule has 2 aromatic carbocycles. The monoisotopic (exact) mass is 345 g/mol. The first-order chi connectivity index (χ1) is 10.2. The van der Waals surface area contributed by atoms with E-state index in [-0.39, 0.29) is 0 Å². The fourth-order valence-corrected chi connectivity index (χ4v) is 2.39. The molecule has 0 saturated heterocycles. The fourth-order valence-electron chi connectivity index (χ4n) is 2.01. The van der Waals surface area contributed by atoms with Crippen molar-refractivity contribution in [3.8, 4) is 5.75 Å². The highest BCUT2D eigenvalue weighted by molar-refractivity contribution is 9.10. The lowest BCUT2D eigenvalue weighted by Crippen LogP contribution is -2.06. The number of hydrogen-bond acceptors (Lipinski definition) is 4. The quantitative estimate of drug-likeness (QED) is 0.718. The molecule has 0 unspecified atom stereocenters. The normalized spacial score (nSPS) is 10.6. The number of methoxy groups -OCH3 is 1. The van der Waals surface area contributed by atoms with E-state index in [4.69, 9.17) is 9.15 Å². The van der Waals surface area contributed by atoms with Crippen LogP contribution in [0.5, 0.6) is 5.75 Å². The Morgan fingerprint density at radius 1 is 1.10 bits per heavy atom. The molecular weight excluding hydrogens is 334 g/mol. The van der Waals surface area contributed by atoms with Crippen LogP contribution in [0.3, 0.4) is 0 Å². The average Bonchev–Trinajstić information content (AvgIpc) is 2.49. The Morgan fingerprint density at radius 3 is 2.57 bits per heavy atom. The number of ether oxygens (including phenoxy) is 1. The van der Waals surface area contributed by atoms with Gasteiger partial charge in [-0.25, -0.2) is 4.79 Å². The zero-order valence-corrected chi connectivity index (χ0v) is 12.8. The molecule has 106 valence electrons. The van der Waals surface area contributed by atoms with E-state index in [0.29, 0.717) is 11.3 Å². The Morgan fingerprint density at radius 2 is 1.86 bits per heavy atom. The molecule has 3 rings (SSSR count). The number of anilines is 2. The van der Waals surface area contributed by atoms with Gasteiger partial charge in [0.15, 0.2) is 0 Å². The minimum atomic E-state index is -0.402. The first-order valence-electron chi connectivity index (χ1n) is 6.30. The summed E-state index contributed by atoms with van der Waals surface area (Å²) < 4.78 is 11.3. The van der Waals surface area contributed by atoms with Gasteiger partial charge in [0.05, 0.1) is 7.11 Å². The van der Waals surface area contributed by atoms with Crippen LogP contribution >= 0.6 is 15.9 Å². The van der Waals surface area contributed by atoms with E-state index in [9.17, 15) is 4.79 Å². The highest BCUT2D eigenvalue weighted by atomic mass is 79.9. The van der Waals surface area contributed by atoms with Gasteiger partial charge in [-0.3, -0.25) is 0 Å². The Balaban J connectivity index is 1.99. The van der Waals surface area contributed by atoms with E-state index < -0.39 is 5.63 Å². The van der Waals surface area contributed by atoms with Crippen LogP contribution in [0.4, 0.5) is 11.4 Å². The molecule has 0 spiro atoms. The average molecular weight is 346 g/mol. The lowest BCUT2D eigenvalue weighted by Gasteiger charge is -2.07. The summed E-state index contributed by atoms with van der Waals surface area (Å²) in [6, 6.07) is 14.6. The second-order valence-electron chi connectivity index (χ2n) is 4.48. The van der Waals surface area contributed by atoms with Crippen molar-refractivity contribution in [2.75, 3.05) is 12.4 Å². The molecule has 1 N–H and O–H groups in total. The minimum Gasteiger partial charge on any atom is -0.497 e. The molecule has 0 aliphatic carbocycles. The number of fused-ring (bicyclic) bond motifs is 1. The molecule has 0 amide bonds. The molecule has 0 saturated carbocycles. The Hall–Kier alpha value is -2.27. The highest BCUT2D eigenvalue weighted by Gasteiger charge is 2.06. The number of rotatable bonds is 3. The summed E-state index contributed by atoms with van der Waals surface area (Å²) in [6.07, 6.45) is 0. The van der Waals surface area contributed by atoms with E-state index in [0.717, 1.165) is 21.3 Å². The van der Waals surface area contributed by atoms with Crippen LogP contribution in [-0.2, 0) is 0 Å². The molecule has 3 aromatic rings. The van der Waals surface area contributed by atoms with Gasteiger partial charge in [0.1, 0.15) is 17.0 Å². The predicted octanol–water partition coefficient (Wildman–Crippen LogP) is 4.31. The van der Waals surface area contributed by atoms with Crippen LogP contribution in [0, 0.1) is 0 Å². The number of hydrogen-bond donors (Lipinski definition) is 1. The first-order valence-corrected chi connectivity index (χ1v) is 7.09. The first kappa shape index (κ1) is 13.7. The molecule has 0 aliphatic heterocycles. The third kappa shape index (κ3) is 2.92. The van der Waals surface area contributed by atoms with E-state index in [2.05, 4.69) is 21.2 Å². The fraction of sp³-hybridized carbons (Fsp3) is 0.0625. The molecule has 0 radical (unpaired) electrons. The van der Waals surface area contributed by atoms with Crippen LogP contribution in [0.1, 0.15) is 0 Å². The summed E-state index contributed by atoms with van der Waals surface area (Å²) in [7, 11) is 1.61. The maximum atomic E-state index is 12.0. The van der Waals surface area contributed by atoms with Gasteiger partial charge in [-0.05, 0) is 48.5 Å². The van der Waals surface area contributed by atoms with Gasteiger partial charge < -0.3 is 14.5 Å².